The van der Waals surface area contributed by atoms with E-state index < -0.39 is 23.8 Å². The van der Waals surface area contributed by atoms with Crippen molar-refractivity contribution in [3.8, 4) is 5.75 Å². The number of rotatable bonds is 7. The maximum Gasteiger partial charge on any atom is 0.269 e. The highest BCUT2D eigenvalue weighted by Gasteiger charge is 2.34. The number of nitrogens with zero attached hydrogens (tertiary/aromatic N) is 1. The monoisotopic (exact) mass is 551 g/mol. The van der Waals surface area contributed by atoms with Crippen LogP contribution in [0.25, 0.3) is 0 Å². The number of benzene rings is 2. The van der Waals surface area contributed by atoms with Gasteiger partial charge in [0.05, 0.1) is 27.9 Å². The molecule has 2 amide bonds. The third kappa shape index (κ3) is 5.73. The molecule has 0 spiro atoms. The van der Waals surface area contributed by atoms with E-state index in [0.717, 1.165) is 6.07 Å². The predicted octanol–water partition coefficient (Wildman–Crippen LogP) is 4.95. The quantitative estimate of drug-likeness (QED) is 0.476. The molecular weight excluding hydrogens is 532 g/mol. The van der Waals surface area contributed by atoms with Crippen LogP contribution in [0.4, 0.5) is 4.39 Å². The molecule has 36 heavy (non-hydrogen) atoms. The van der Waals surface area contributed by atoms with Gasteiger partial charge >= 0.3 is 0 Å². The summed E-state index contributed by atoms with van der Waals surface area (Å²) in [4.78, 5) is 30.9. The topological polar surface area (TPSA) is 89.0 Å². The second-order valence-electron chi connectivity index (χ2n) is 7.94. The van der Waals surface area contributed by atoms with Gasteiger partial charge in [-0.25, -0.2) is 4.39 Å². The zero-order valence-corrected chi connectivity index (χ0v) is 21.3. The summed E-state index contributed by atoms with van der Waals surface area (Å²) in [5.41, 5.74) is 1.28. The molecule has 2 N–H and O–H groups in total. The molecule has 1 unspecified atom stereocenters. The van der Waals surface area contributed by atoms with Gasteiger partial charge in [-0.15, -0.1) is 0 Å². The Bertz CT molecular complexity index is 1270. The van der Waals surface area contributed by atoms with E-state index in [1.165, 1.54) is 31.4 Å². The van der Waals surface area contributed by atoms with Gasteiger partial charge in [0.2, 0.25) is 6.17 Å². The Morgan fingerprint density at radius 3 is 2.67 bits per heavy atom. The van der Waals surface area contributed by atoms with Crippen molar-refractivity contribution in [2.24, 2.45) is 10.9 Å². The SMILES string of the molecule is COCCOc1ccc(F)cc1C(=O)N[C@H]1N=C(c2c(Cl)cc(Cl)cc2Cl)C2CC=CC=C2NC1=O. The molecule has 2 aliphatic rings. The summed E-state index contributed by atoms with van der Waals surface area (Å²) in [6, 6.07) is 6.58. The Morgan fingerprint density at radius 2 is 1.94 bits per heavy atom. The lowest BCUT2D eigenvalue weighted by Gasteiger charge is -2.22. The predicted molar refractivity (Wildman–Crippen MR) is 137 cm³/mol. The summed E-state index contributed by atoms with van der Waals surface area (Å²) >= 11 is 19.1. The first kappa shape index (κ1) is 26.2. The fourth-order valence-corrected chi connectivity index (χ4v) is 4.89. The van der Waals surface area contributed by atoms with Gasteiger partial charge in [-0.1, -0.05) is 47.0 Å². The standard InChI is InChI=1S/C25H21Cl3FN3O4/c1-35-8-9-36-20-7-6-14(29)12-16(20)24(33)32-23-25(34)30-19-5-3-2-4-15(19)22(31-23)21-17(27)10-13(26)11-18(21)28/h2-3,5-7,10-12,15,23H,4,8-9H2,1H3,(H,30,34)(H,32,33)/t15?,23-/m1/s1. The van der Waals surface area contributed by atoms with Gasteiger partial charge in [0, 0.05) is 29.3 Å². The van der Waals surface area contributed by atoms with Crippen molar-refractivity contribution in [3.05, 3.63) is 86.3 Å². The minimum absolute atomic E-state index is 0.0965. The van der Waals surface area contributed by atoms with Gasteiger partial charge in [0.15, 0.2) is 0 Å². The number of allylic oxidation sites excluding steroid dienone is 4. The number of fused-ring (bicyclic) bond motifs is 1. The molecule has 0 bridgehead atoms. The van der Waals surface area contributed by atoms with Crippen molar-refractivity contribution >= 4 is 52.3 Å². The summed E-state index contributed by atoms with van der Waals surface area (Å²) in [7, 11) is 1.50. The average Bonchev–Trinajstić information content (AvgIpc) is 2.96. The molecule has 2 atom stereocenters. The van der Waals surface area contributed by atoms with E-state index in [-0.39, 0.29) is 40.5 Å². The van der Waals surface area contributed by atoms with Crippen LogP contribution in [0.2, 0.25) is 15.1 Å². The van der Waals surface area contributed by atoms with Crippen molar-refractivity contribution in [1.29, 1.82) is 0 Å². The normalized spacial score (nSPS) is 19.0. The number of hydrogen-bond donors (Lipinski definition) is 2. The number of halogens is 4. The van der Waals surface area contributed by atoms with E-state index in [4.69, 9.17) is 44.3 Å². The zero-order valence-electron chi connectivity index (χ0n) is 19.0. The largest absolute Gasteiger partial charge is 0.490 e. The van der Waals surface area contributed by atoms with Crippen LogP contribution in [0.15, 0.2) is 59.2 Å². The Labute approximate surface area is 221 Å². The van der Waals surface area contributed by atoms with E-state index in [0.29, 0.717) is 28.4 Å². The van der Waals surface area contributed by atoms with Gasteiger partial charge in [0.1, 0.15) is 18.2 Å². The van der Waals surface area contributed by atoms with Crippen LogP contribution < -0.4 is 15.4 Å². The Hall–Kier alpha value is -2.91. The van der Waals surface area contributed by atoms with Gasteiger partial charge in [-0.2, -0.15) is 0 Å². The second-order valence-corrected chi connectivity index (χ2v) is 9.20. The molecule has 4 rings (SSSR count). The van der Waals surface area contributed by atoms with Gasteiger partial charge in [-0.05, 0) is 42.8 Å². The third-order valence-corrected chi connectivity index (χ3v) is 6.35. The number of amides is 2. The van der Waals surface area contributed by atoms with Crippen LogP contribution in [-0.4, -0.2) is 44.0 Å². The van der Waals surface area contributed by atoms with E-state index in [9.17, 15) is 14.0 Å². The number of nitrogens with one attached hydrogen (secondary N) is 2. The third-order valence-electron chi connectivity index (χ3n) is 5.54. The first-order valence-corrected chi connectivity index (χ1v) is 12.0. The van der Waals surface area contributed by atoms with Crippen LogP contribution in [0.3, 0.4) is 0 Å². The summed E-state index contributed by atoms with van der Waals surface area (Å²) in [6.07, 6.45) is 4.63. The van der Waals surface area contributed by atoms with Crippen LogP contribution in [-0.2, 0) is 9.53 Å². The number of carbonyl (C=O) groups is 2. The minimum Gasteiger partial charge on any atom is -0.490 e. The molecule has 0 radical (unpaired) electrons. The molecule has 0 aromatic heterocycles. The van der Waals surface area contributed by atoms with Gasteiger partial charge in [-0.3, -0.25) is 14.6 Å². The van der Waals surface area contributed by atoms with Crippen molar-refractivity contribution < 1.29 is 23.5 Å². The number of hydrogen-bond acceptors (Lipinski definition) is 5. The number of ether oxygens (including phenoxy) is 2. The summed E-state index contributed by atoms with van der Waals surface area (Å²) in [5, 5.41) is 6.22. The fraction of sp³-hybridized carbons (Fsp3) is 0.240. The molecule has 1 heterocycles. The maximum absolute atomic E-state index is 14.0. The van der Waals surface area contributed by atoms with Gasteiger partial charge in [0.25, 0.3) is 11.8 Å². The number of aliphatic imine (C=N–C) groups is 1. The lowest BCUT2D eigenvalue weighted by Crippen LogP contribution is -2.44. The zero-order chi connectivity index (χ0) is 25.8. The van der Waals surface area contributed by atoms with E-state index in [1.54, 1.807) is 6.08 Å². The first-order chi connectivity index (χ1) is 17.3. The molecule has 0 fully saturated rings. The van der Waals surface area contributed by atoms with E-state index >= 15 is 0 Å². The molecule has 0 saturated heterocycles. The molecule has 1 aliphatic heterocycles. The Balaban J connectivity index is 1.73. The molecule has 2 aromatic carbocycles. The second kappa shape index (κ2) is 11.4. The average molecular weight is 553 g/mol. The lowest BCUT2D eigenvalue weighted by molar-refractivity contribution is -0.122. The van der Waals surface area contributed by atoms with Crippen molar-refractivity contribution in [2.45, 2.75) is 12.6 Å². The smallest absolute Gasteiger partial charge is 0.269 e. The molecule has 11 heteroatoms. The fourth-order valence-electron chi connectivity index (χ4n) is 3.88. The van der Waals surface area contributed by atoms with Crippen molar-refractivity contribution in [3.63, 3.8) is 0 Å². The molecule has 7 nitrogen and oxygen atoms in total. The summed E-state index contributed by atoms with van der Waals surface area (Å²) < 4.78 is 24.5. The van der Waals surface area contributed by atoms with Crippen molar-refractivity contribution in [2.75, 3.05) is 20.3 Å². The van der Waals surface area contributed by atoms with E-state index in [1.807, 2.05) is 12.2 Å². The highest BCUT2D eigenvalue weighted by molar-refractivity contribution is 6.42. The Morgan fingerprint density at radius 1 is 1.19 bits per heavy atom. The maximum atomic E-state index is 14.0. The molecule has 188 valence electrons. The van der Waals surface area contributed by atoms with Crippen LogP contribution in [0, 0.1) is 11.7 Å². The highest BCUT2D eigenvalue weighted by Crippen LogP contribution is 2.35. The van der Waals surface area contributed by atoms with Crippen molar-refractivity contribution in [1.82, 2.24) is 10.6 Å². The van der Waals surface area contributed by atoms with Crippen LogP contribution in [0.5, 0.6) is 5.75 Å². The number of carbonyl (C=O) groups excluding carboxylic acids is 2. The van der Waals surface area contributed by atoms with Gasteiger partial charge < -0.3 is 20.1 Å². The minimum atomic E-state index is -1.36. The summed E-state index contributed by atoms with van der Waals surface area (Å²) in [6.45, 7) is 0.412. The highest BCUT2D eigenvalue weighted by atomic mass is 35.5. The van der Waals surface area contributed by atoms with Crippen LogP contribution in [0.1, 0.15) is 22.3 Å². The van der Waals surface area contributed by atoms with Crippen LogP contribution >= 0.6 is 34.8 Å². The van der Waals surface area contributed by atoms with E-state index in [2.05, 4.69) is 15.6 Å². The first-order valence-electron chi connectivity index (χ1n) is 10.9. The molecule has 0 saturated carbocycles. The lowest BCUT2D eigenvalue weighted by atomic mass is 9.88. The molecule has 1 aliphatic carbocycles. The molecular formula is C25H21Cl3FN3O4. The molecule has 2 aromatic rings. The Kier molecular flexibility index (Phi) is 8.31. The number of methoxy groups -OCH3 is 1. The summed E-state index contributed by atoms with van der Waals surface area (Å²) in [5.74, 6) is -2.22.